The molecule has 0 aromatic heterocycles. The Labute approximate surface area is 124 Å². The van der Waals surface area contributed by atoms with Crippen LogP contribution < -0.4 is 10.1 Å². The summed E-state index contributed by atoms with van der Waals surface area (Å²) in [7, 11) is 0. The first-order valence-electron chi connectivity index (χ1n) is 6.84. The van der Waals surface area contributed by atoms with Crippen molar-refractivity contribution in [3.8, 4) is 11.8 Å². The van der Waals surface area contributed by atoms with Crippen molar-refractivity contribution in [2.75, 3.05) is 6.54 Å². The second kappa shape index (κ2) is 7.41. The number of halogens is 1. The first kappa shape index (κ1) is 15.0. The quantitative estimate of drug-likeness (QED) is 0.884. The molecule has 0 radical (unpaired) electrons. The van der Waals surface area contributed by atoms with Crippen LogP contribution in [0.4, 0.5) is 4.39 Å². The Balaban J connectivity index is 1.95. The topological polar surface area (TPSA) is 45.0 Å². The number of hydrogen-bond donors (Lipinski definition) is 1. The van der Waals surface area contributed by atoms with Gasteiger partial charge < -0.3 is 10.1 Å². The van der Waals surface area contributed by atoms with Gasteiger partial charge in [0.25, 0.3) is 0 Å². The molecule has 2 aromatic carbocycles. The molecule has 0 amide bonds. The lowest BCUT2D eigenvalue weighted by molar-refractivity contribution is 0.306. The Morgan fingerprint density at radius 1 is 1.14 bits per heavy atom. The Morgan fingerprint density at radius 3 is 2.52 bits per heavy atom. The van der Waals surface area contributed by atoms with Crippen molar-refractivity contribution in [3.05, 3.63) is 65.0 Å². The molecule has 0 fully saturated rings. The number of nitrogens with one attached hydrogen (secondary N) is 1. The van der Waals surface area contributed by atoms with Crippen LogP contribution in [-0.2, 0) is 13.2 Å². The van der Waals surface area contributed by atoms with E-state index in [1.54, 1.807) is 6.07 Å². The predicted molar refractivity (Wildman–Crippen MR) is 79.3 cm³/mol. The van der Waals surface area contributed by atoms with E-state index in [0.717, 1.165) is 24.4 Å². The molecule has 0 atom stereocenters. The van der Waals surface area contributed by atoms with Gasteiger partial charge in [-0.25, -0.2) is 4.39 Å². The van der Waals surface area contributed by atoms with E-state index in [1.165, 1.54) is 17.7 Å². The van der Waals surface area contributed by atoms with Gasteiger partial charge in [-0.05, 0) is 41.9 Å². The van der Waals surface area contributed by atoms with Gasteiger partial charge >= 0.3 is 0 Å². The van der Waals surface area contributed by atoms with Crippen LogP contribution in [0.1, 0.15) is 23.6 Å². The molecule has 108 valence electrons. The molecule has 21 heavy (non-hydrogen) atoms. The number of ether oxygens (including phenoxy) is 1. The first-order valence-corrected chi connectivity index (χ1v) is 6.84. The lowest BCUT2D eigenvalue weighted by Crippen LogP contribution is -2.11. The lowest BCUT2D eigenvalue weighted by atomic mass is 10.1. The highest BCUT2D eigenvalue weighted by Gasteiger charge is 2.03. The maximum atomic E-state index is 13.2. The van der Waals surface area contributed by atoms with E-state index >= 15 is 0 Å². The van der Waals surface area contributed by atoms with Crippen LogP contribution in [0, 0.1) is 17.1 Å². The number of benzene rings is 2. The average molecular weight is 284 g/mol. The van der Waals surface area contributed by atoms with E-state index in [2.05, 4.69) is 12.2 Å². The van der Waals surface area contributed by atoms with E-state index in [0.29, 0.717) is 6.61 Å². The fourth-order valence-corrected chi connectivity index (χ4v) is 1.89. The van der Waals surface area contributed by atoms with Crippen molar-refractivity contribution in [1.29, 1.82) is 5.26 Å². The Kier molecular flexibility index (Phi) is 5.30. The molecule has 0 aliphatic carbocycles. The Morgan fingerprint density at radius 2 is 1.86 bits per heavy atom. The summed E-state index contributed by atoms with van der Waals surface area (Å²) in [5, 5.41) is 12.0. The van der Waals surface area contributed by atoms with Gasteiger partial charge in [0.1, 0.15) is 24.2 Å². The highest BCUT2D eigenvalue weighted by molar-refractivity contribution is 5.34. The van der Waals surface area contributed by atoms with Crippen LogP contribution >= 0.6 is 0 Å². The summed E-state index contributed by atoms with van der Waals surface area (Å²) >= 11 is 0. The molecule has 2 aromatic rings. The van der Waals surface area contributed by atoms with E-state index in [4.69, 9.17) is 10.00 Å². The summed E-state index contributed by atoms with van der Waals surface area (Å²) < 4.78 is 18.8. The molecule has 3 nitrogen and oxygen atoms in total. The molecule has 0 heterocycles. The molecule has 0 aliphatic heterocycles. The molecule has 0 bridgehead atoms. The number of hydrogen-bond acceptors (Lipinski definition) is 3. The SMILES string of the molecule is CCNCc1ccc(OCc2ccc(F)c(C#N)c2)cc1. The first-order chi connectivity index (χ1) is 10.2. The van der Waals surface area contributed by atoms with Crippen molar-refractivity contribution >= 4 is 0 Å². The number of rotatable bonds is 6. The monoisotopic (exact) mass is 284 g/mol. The molecule has 0 aliphatic rings. The minimum absolute atomic E-state index is 0.0390. The maximum Gasteiger partial charge on any atom is 0.140 e. The molecule has 0 saturated heterocycles. The van der Waals surface area contributed by atoms with E-state index < -0.39 is 5.82 Å². The van der Waals surface area contributed by atoms with Gasteiger partial charge in [0.15, 0.2) is 0 Å². The molecular weight excluding hydrogens is 267 g/mol. The highest BCUT2D eigenvalue weighted by atomic mass is 19.1. The van der Waals surface area contributed by atoms with Crippen LogP contribution in [0.15, 0.2) is 42.5 Å². The van der Waals surface area contributed by atoms with Crippen molar-refractivity contribution < 1.29 is 9.13 Å². The maximum absolute atomic E-state index is 13.2. The Hall–Kier alpha value is -2.38. The lowest BCUT2D eigenvalue weighted by Gasteiger charge is -2.08. The average Bonchev–Trinajstić information content (AvgIpc) is 2.53. The Bertz CT molecular complexity index is 632. The largest absolute Gasteiger partial charge is 0.489 e. The van der Waals surface area contributed by atoms with Crippen molar-refractivity contribution in [2.45, 2.75) is 20.1 Å². The summed E-state index contributed by atoms with van der Waals surface area (Å²) in [4.78, 5) is 0. The number of nitrogens with zero attached hydrogens (tertiary/aromatic N) is 1. The zero-order valence-corrected chi connectivity index (χ0v) is 11.9. The molecule has 0 unspecified atom stereocenters. The van der Waals surface area contributed by atoms with Gasteiger partial charge in [0.05, 0.1) is 5.56 Å². The zero-order chi connectivity index (χ0) is 15.1. The molecule has 2 rings (SSSR count). The van der Waals surface area contributed by atoms with Crippen LogP contribution in [0.3, 0.4) is 0 Å². The standard InChI is InChI=1S/C17H17FN2O/c1-2-20-11-13-3-6-16(7-4-13)21-12-14-5-8-17(18)15(9-14)10-19/h3-9,20H,2,11-12H2,1H3. The summed E-state index contributed by atoms with van der Waals surface area (Å²) in [6, 6.07) is 14.1. The molecule has 0 saturated carbocycles. The molecule has 4 heteroatoms. The zero-order valence-electron chi connectivity index (χ0n) is 11.9. The van der Waals surface area contributed by atoms with Gasteiger partial charge in [-0.3, -0.25) is 0 Å². The predicted octanol–water partition coefficient (Wildman–Crippen LogP) is 3.39. The van der Waals surface area contributed by atoms with Crippen molar-refractivity contribution in [3.63, 3.8) is 0 Å². The normalized spacial score (nSPS) is 10.1. The third-order valence-electron chi connectivity index (χ3n) is 3.06. The third-order valence-corrected chi connectivity index (χ3v) is 3.06. The van der Waals surface area contributed by atoms with Gasteiger partial charge in [-0.2, -0.15) is 5.26 Å². The fourth-order valence-electron chi connectivity index (χ4n) is 1.89. The smallest absolute Gasteiger partial charge is 0.140 e. The van der Waals surface area contributed by atoms with Gasteiger partial charge in [-0.1, -0.05) is 25.1 Å². The van der Waals surface area contributed by atoms with Crippen LogP contribution in [-0.4, -0.2) is 6.54 Å². The van der Waals surface area contributed by atoms with E-state index in [9.17, 15) is 4.39 Å². The highest BCUT2D eigenvalue weighted by Crippen LogP contribution is 2.16. The van der Waals surface area contributed by atoms with Crippen LogP contribution in [0.2, 0.25) is 0 Å². The molecule has 1 N–H and O–H groups in total. The summed E-state index contributed by atoms with van der Waals surface area (Å²) in [6.07, 6.45) is 0. The second-order valence-corrected chi connectivity index (χ2v) is 4.64. The molecule has 0 spiro atoms. The van der Waals surface area contributed by atoms with Gasteiger partial charge in [-0.15, -0.1) is 0 Å². The fraction of sp³-hybridized carbons (Fsp3) is 0.235. The van der Waals surface area contributed by atoms with Crippen LogP contribution in [0.25, 0.3) is 0 Å². The van der Waals surface area contributed by atoms with E-state index in [1.807, 2.05) is 30.3 Å². The third kappa shape index (κ3) is 4.30. The van der Waals surface area contributed by atoms with Gasteiger partial charge in [0.2, 0.25) is 0 Å². The van der Waals surface area contributed by atoms with Crippen molar-refractivity contribution in [2.24, 2.45) is 0 Å². The van der Waals surface area contributed by atoms with Gasteiger partial charge in [0, 0.05) is 6.54 Å². The summed E-state index contributed by atoms with van der Waals surface area (Å²) in [5.41, 5.74) is 2.00. The number of nitriles is 1. The minimum Gasteiger partial charge on any atom is -0.489 e. The minimum atomic E-state index is -0.506. The second-order valence-electron chi connectivity index (χ2n) is 4.64. The van der Waals surface area contributed by atoms with E-state index in [-0.39, 0.29) is 5.56 Å². The summed E-state index contributed by atoms with van der Waals surface area (Å²) in [5.74, 6) is 0.243. The van der Waals surface area contributed by atoms with Crippen LogP contribution in [0.5, 0.6) is 5.75 Å². The molecular formula is C17H17FN2O. The summed E-state index contributed by atoms with van der Waals surface area (Å²) in [6.45, 7) is 4.14. The van der Waals surface area contributed by atoms with Crippen molar-refractivity contribution in [1.82, 2.24) is 5.32 Å².